The van der Waals surface area contributed by atoms with Crippen LogP contribution in [-0.4, -0.2) is 14.6 Å². The van der Waals surface area contributed by atoms with Gasteiger partial charge in [0.15, 0.2) is 11.5 Å². The van der Waals surface area contributed by atoms with Crippen LogP contribution >= 0.6 is 11.3 Å². The van der Waals surface area contributed by atoms with E-state index in [-0.39, 0.29) is 0 Å². The van der Waals surface area contributed by atoms with Crippen molar-refractivity contribution in [3.05, 3.63) is 164 Å². The molecular formula is C44H27N3S. The zero-order chi connectivity index (χ0) is 31.6. The zero-order valence-corrected chi connectivity index (χ0v) is 26.7. The van der Waals surface area contributed by atoms with Crippen LogP contribution in [0.2, 0.25) is 0 Å². The van der Waals surface area contributed by atoms with Crippen LogP contribution in [0.5, 0.6) is 0 Å². The quantitative estimate of drug-likeness (QED) is 0.181. The van der Waals surface area contributed by atoms with Crippen molar-refractivity contribution in [2.45, 2.75) is 0 Å². The number of rotatable bonds is 4. The molecule has 4 heteroatoms. The van der Waals surface area contributed by atoms with Crippen molar-refractivity contribution in [3.8, 4) is 44.8 Å². The first-order valence-corrected chi connectivity index (χ1v) is 17.0. The van der Waals surface area contributed by atoms with Gasteiger partial charge in [-0.05, 0) is 57.0 Å². The molecule has 10 rings (SSSR count). The largest absolute Gasteiger partial charge is 0.274 e. The molecule has 0 saturated carbocycles. The second-order valence-electron chi connectivity index (χ2n) is 12.3. The normalized spacial score (nSPS) is 11.8. The minimum atomic E-state index is 0.841. The monoisotopic (exact) mass is 629 g/mol. The van der Waals surface area contributed by atoms with Crippen LogP contribution in [0.1, 0.15) is 0 Å². The second-order valence-corrected chi connectivity index (χ2v) is 13.3. The summed E-state index contributed by atoms with van der Waals surface area (Å²) >= 11 is 1.87. The van der Waals surface area contributed by atoms with E-state index in [2.05, 4.69) is 162 Å². The van der Waals surface area contributed by atoms with Crippen LogP contribution in [0.15, 0.2) is 164 Å². The highest BCUT2D eigenvalue weighted by molar-refractivity contribution is 7.26. The molecule has 0 amide bonds. The summed E-state index contributed by atoms with van der Waals surface area (Å²) in [5, 5.41) is 15.6. The maximum Gasteiger partial charge on any atom is 0.169 e. The molecule has 0 aliphatic rings. The van der Waals surface area contributed by atoms with E-state index in [0.717, 1.165) is 27.9 Å². The molecule has 7 aromatic carbocycles. The molecule has 0 saturated heterocycles. The average molecular weight is 630 g/mol. The molecule has 224 valence electrons. The summed E-state index contributed by atoms with van der Waals surface area (Å²) in [5.41, 5.74) is 10.3. The fourth-order valence-electron chi connectivity index (χ4n) is 7.17. The van der Waals surface area contributed by atoms with Crippen LogP contribution < -0.4 is 0 Å². The van der Waals surface area contributed by atoms with Gasteiger partial charge in [0, 0.05) is 36.5 Å². The molecule has 0 fully saturated rings. The van der Waals surface area contributed by atoms with Gasteiger partial charge in [-0.1, -0.05) is 146 Å². The van der Waals surface area contributed by atoms with Gasteiger partial charge in [-0.2, -0.15) is 0 Å². The fraction of sp³-hybridized carbons (Fsp3) is 0. The molecular weight excluding hydrogens is 603 g/mol. The molecule has 0 unspecified atom stereocenters. The van der Waals surface area contributed by atoms with Crippen LogP contribution in [0.25, 0.3) is 92.3 Å². The number of pyridine rings is 1. The molecule has 0 N–H and O–H groups in total. The van der Waals surface area contributed by atoms with Gasteiger partial charge in [-0.3, -0.25) is 4.40 Å². The van der Waals surface area contributed by atoms with Gasteiger partial charge in [0.1, 0.15) is 0 Å². The SMILES string of the molecule is c1ccc(-c2ccc(-c3nnc4c5ccccc5c5cc(-c6ccc(-c7cccc8c7sc7ccccc78)cc6)ccc5n34)cc2)cc1. The summed E-state index contributed by atoms with van der Waals surface area (Å²) in [7, 11) is 0. The number of nitrogens with zero attached hydrogens (tertiary/aromatic N) is 3. The number of benzene rings is 7. The molecule has 0 aliphatic heterocycles. The third-order valence-electron chi connectivity index (χ3n) is 9.54. The maximum absolute atomic E-state index is 4.74. The lowest BCUT2D eigenvalue weighted by Gasteiger charge is -2.12. The Morgan fingerprint density at radius 3 is 1.81 bits per heavy atom. The van der Waals surface area contributed by atoms with E-state index >= 15 is 0 Å². The maximum atomic E-state index is 4.74. The number of fused-ring (bicyclic) bond motifs is 9. The summed E-state index contributed by atoms with van der Waals surface area (Å²) in [4.78, 5) is 0. The standard InChI is InChI=1S/C44H27N3S/c1-2-9-28(10-3-1)29-19-23-32(24-20-29)43-45-46-44-38-13-5-4-11-35(38)39-27-33(25-26-40(39)47(43)44)30-17-21-31(22-18-30)34-14-8-15-37-36-12-6-7-16-41(36)48-42(34)37/h1-27H. The Bertz CT molecular complexity index is 2810. The minimum absolute atomic E-state index is 0.841. The molecule has 48 heavy (non-hydrogen) atoms. The molecule has 0 aliphatic carbocycles. The molecule has 3 nitrogen and oxygen atoms in total. The van der Waals surface area contributed by atoms with Crippen molar-refractivity contribution in [1.29, 1.82) is 0 Å². The highest BCUT2D eigenvalue weighted by atomic mass is 32.1. The highest BCUT2D eigenvalue weighted by Gasteiger charge is 2.17. The van der Waals surface area contributed by atoms with Crippen LogP contribution in [0, 0.1) is 0 Å². The Morgan fingerprint density at radius 1 is 0.396 bits per heavy atom. The summed E-state index contributed by atoms with van der Waals surface area (Å²) in [6.07, 6.45) is 0. The first-order chi connectivity index (χ1) is 23.8. The Hall–Kier alpha value is -6.10. The van der Waals surface area contributed by atoms with E-state index < -0.39 is 0 Å². The molecule has 0 bridgehead atoms. The van der Waals surface area contributed by atoms with Crippen molar-refractivity contribution >= 4 is 58.8 Å². The van der Waals surface area contributed by atoms with Crippen LogP contribution in [0.3, 0.4) is 0 Å². The van der Waals surface area contributed by atoms with Gasteiger partial charge in [0.25, 0.3) is 0 Å². The van der Waals surface area contributed by atoms with Gasteiger partial charge in [0.2, 0.25) is 0 Å². The Kier molecular flexibility index (Phi) is 6.05. The van der Waals surface area contributed by atoms with Crippen molar-refractivity contribution in [3.63, 3.8) is 0 Å². The van der Waals surface area contributed by atoms with Crippen molar-refractivity contribution in [2.75, 3.05) is 0 Å². The first kappa shape index (κ1) is 27.1. The predicted molar refractivity (Wildman–Crippen MR) is 203 cm³/mol. The summed E-state index contributed by atoms with van der Waals surface area (Å²) < 4.78 is 4.88. The summed E-state index contributed by atoms with van der Waals surface area (Å²) in [6.45, 7) is 0. The average Bonchev–Trinajstić information content (AvgIpc) is 3.78. The minimum Gasteiger partial charge on any atom is -0.274 e. The fourth-order valence-corrected chi connectivity index (χ4v) is 8.41. The third-order valence-corrected chi connectivity index (χ3v) is 10.8. The smallest absolute Gasteiger partial charge is 0.169 e. The van der Waals surface area contributed by atoms with E-state index in [1.165, 1.54) is 64.3 Å². The van der Waals surface area contributed by atoms with Gasteiger partial charge < -0.3 is 0 Å². The van der Waals surface area contributed by atoms with Gasteiger partial charge in [-0.15, -0.1) is 21.5 Å². The first-order valence-electron chi connectivity index (χ1n) is 16.2. The lowest BCUT2D eigenvalue weighted by molar-refractivity contribution is 1.12. The van der Waals surface area contributed by atoms with Crippen molar-refractivity contribution in [2.24, 2.45) is 0 Å². The molecule has 0 spiro atoms. The topological polar surface area (TPSA) is 30.2 Å². The summed E-state index contributed by atoms with van der Waals surface area (Å²) in [6, 6.07) is 58.8. The summed E-state index contributed by atoms with van der Waals surface area (Å²) in [5.74, 6) is 0.841. The Balaban J connectivity index is 1.09. The van der Waals surface area contributed by atoms with Crippen molar-refractivity contribution in [1.82, 2.24) is 14.6 Å². The van der Waals surface area contributed by atoms with E-state index in [0.29, 0.717) is 0 Å². The number of thiophene rings is 1. The third kappa shape index (κ3) is 4.20. The number of hydrogen-bond donors (Lipinski definition) is 0. The number of hydrogen-bond acceptors (Lipinski definition) is 3. The lowest BCUT2D eigenvalue weighted by Crippen LogP contribution is -1.95. The van der Waals surface area contributed by atoms with Crippen LogP contribution in [0.4, 0.5) is 0 Å². The molecule has 3 heterocycles. The van der Waals surface area contributed by atoms with Gasteiger partial charge in [-0.25, -0.2) is 0 Å². The lowest BCUT2D eigenvalue weighted by atomic mass is 9.97. The number of aromatic nitrogens is 3. The molecule has 10 aromatic rings. The molecule has 3 aromatic heterocycles. The Labute approximate surface area is 281 Å². The van der Waals surface area contributed by atoms with Crippen LogP contribution in [-0.2, 0) is 0 Å². The molecule has 0 atom stereocenters. The van der Waals surface area contributed by atoms with E-state index in [4.69, 9.17) is 10.2 Å². The second kappa shape index (κ2) is 10.7. The molecule has 0 radical (unpaired) electrons. The highest BCUT2D eigenvalue weighted by Crippen LogP contribution is 2.41. The predicted octanol–water partition coefficient (Wildman–Crippen LogP) is 12.1. The van der Waals surface area contributed by atoms with Gasteiger partial charge in [0.05, 0.1) is 5.52 Å². The Morgan fingerprint density at radius 2 is 1.00 bits per heavy atom. The van der Waals surface area contributed by atoms with E-state index in [1.807, 2.05) is 17.4 Å². The van der Waals surface area contributed by atoms with Crippen molar-refractivity contribution < 1.29 is 0 Å². The van der Waals surface area contributed by atoms with Gasteiger partial charge >= 0.3 is 0 Å². The zero-order valence-electron chi connectivity index (χ0n) is 25.8. The van der Waals surface area contributed by atoms with E-state index in [1.54, 1.807) is 0 Å². The van der Waals surface area contributed by atoms with E-state index in [9.17, 15) is 0 Å².